The van der Waals surface area contributed by atoms with Gasteiger partial charge in [0.2, 0.25) is 5.91 Å². The van der Waals surface area contributed by atoms with E-state index in [2.05, 4.69) is 10.6 Å². The Bertz CT molecular complexity index is 685. The Balaban J connectivity index is 1.58. The van der Waals surface area contributed by atoms with Gasteiger partial charge in [-0.05, 0) is 44.7 Å². The SMILES string of the molecule is CC(=O)c1cccc(NC(=O)N2CCC[C@@H]2C(=O)NC[C@@H]2CCCO2)c1. The van der Waals surface area contributed by atoms with Crippen molar-refractivity contribution in [3.63, 3.8) is 0 Å². The summed E-state index contributed by atoms with van der Waals surface area (Å²) < 4.78 is 5.51. The third kappa shape index (κ3) is 4.40. The van der Waals surface area contributed by atoms with Crippen LogP contribution in [0, 0.1) is 0 Å². The van der Waals surface area contributed by atoms with E-state index in [0.29, 0.717) is 30.8 Å². The van der Waals surface area contributed by atoms with Crippen molar-refractivity contribution in [1.29, 1.82) is 0 Å². The normalized spacial score (nSPS) is 22.3. The van der Waals surface area contributed by atoms with Crippen LogP contribution in [0.25, 0.3) is 0 Å². The van der Waals surface area contributed by atoms with Gasteiger partial charge in [0.05, 0.1) is 6.10 Å². The molecule has 0 aliphatic carbocycles. The molecule has 1 aromatic carbocycles. The monoisotopic (exact) mass is 359 g/mol. The lowest BCUT2D eigenvalue weighted by atomic mass is 10.1. The number of ketones is 1. The first-order chi connectivity index (χ1) is 12.5. The molecular weight excluding hydrogens is 334 g/mol. The minimum atomic E-state index is -0.465. The van der Waals surface area contributed by atoms with E-state index in [4.69, 9.17) is 4.74 Å². The third-order valence-electron chi connectivity index (χ3n) is 4.86. The summed E-state index contributed by atoms with van der Waals surface area (Å²) in [4.78, 5) is 38.1. The summed E-state index contributed by atoms with van der Waals surface area (Å²) >= 11 is 0. The Morgan fingerprint density at radius 1 is 1.23 bits per heavy atom. The molecule has 2 fully saturated rings. The van der Waals surface area contributed by atoms with Crippen molar-refractivity contribution in [2.24, 2.45) is 0 Å². The van der Waals surface area contributed by atoms with E-state index >= 15 is 0 Å². The van der Waals surface area contributed by atoms with E-state index < -0.39 is 6.04 Å². The molecule has 2 N–H and O–H groups in total. The quantitative estimate of drug-likeness (QED) is 0.789. The van der Waals surface area contributed by atoms with Gasteiger partial charge in [0.1, 0.15) is 6.04 Å². The second-order valence-electron chi connectivity index (χ2n) is 6.80. The van der Waals surface area contributed by atoms with Crippen molar-refractivity contribution in [3.8, 4) is 0 Å². The van der Waals surface area contributed by atoms with Gasteiger partial charge in [-0.25, -0.2) is 4.79 Å². The summed E-state index contributed by atoms with van der Waals surface area (Å²) in [6.07, 6.45) is 3.51. The van der Waals surface area contributed by atoms with Gasteiger partial charge >= 0.3 is 6.03 Å². The van der Waals surface area contributed by atoms with E-state index in [9.17, 15) is 14.4 Å². The molecule has 0 radical (unpaired) electrons. The molecule has 2 heterocycles. The van der Waals surface area contributed by atoms with Crippen LogP contribution in [-0.4, -0.2) is 54.5 Å². The summed E-state index contributed by atoms with van der Waals surface area (Å²) in [5, 5.41) is 5.70. The molecule has 0 aromatic heterocycles. The number of amides is 3. The Kier molecular flexibility index (Phi) is 5.88. The van der Waals surface area contributed by atoms with Gasteiger partial charge in [-0.1, -0.05) is 12.1 Å². The largest absolute Gasteiger partial charge is 0.376 e. The average Bonchev–Trinajstić information content (AvgIpc) is 3.31. The second-order valence-corrected chi connectivity index (χ2v) is 6.80. The number of anilines is 1. The maximum absolute atomic E-state index is 12.6. The molecule has 2 aliphatic rings. The number of hydrogen-bond donors (Lipinski definition) is 2. The zero-order chi connectivity index (χ0) is 18.5. The molecule has 0 bridgehead atoms. The molecule has 26 heavy (non-hydrogen) atoms. The van der Waals surface area contributed by atoms with E-state index in [0.717, 1.165) is 25.9 Å². The summed E-state index contributed by atoms with van der Waals surface area (Å²) in [7, 11) is 0. The van der Waals surface area contributed by atoms with Crippen molar-refractivity contribution in [3.05, 3.63) is 29.8 Å². The average molecular weight is 359 g/mol. The third-order valence-corrected chi connectivity index (χ3v) is 4.86. The van der Waals surface area contributed by atoms with Gasteiger partial charge in [-0.2, -0.15) is 0 Å². The number of urea groups is 1. The fourth-order valence-electron chi connectivity index (χ4n) is 3.43. The van der Waals surface area contributed by atoms with Gasteiger partial charge in [-0.15, -0.1) is 0 Å². The van der Waals surface area contributed by atoms with Crippen LogP contribution in [0.5, 0.6) is 0 Å². The van der Waals surface area contributed by atoms with Crippen molar-refractivity contribution in [1.82, 2.24) is 10.2 Å². The molecule has 7 heteroatoms. The topological polar surface area (TPSA) is 87.7 Å². The van der Waals surface area contributed by atoms with Crippen molar-refractivity contribution in [2.45, 2.75) is 44.8 Å². The summed E-state index contributed by atoms with van der Waals surface area (Å²) in [5.74, 6) is -0.195. The standard InChI is InChI=1S/C19H25N3O4/c1-13(23)14-5-2-6-15(11-14)21-19(25)22-9-3-8-17(22)18(24)20-12-16-7-4-10-26-16/h2,5-6,11,16-17H,3-4,7-10,12H2,1H3,(H,20,24)(H,21,25)/t16-,17+/m0/s1. The first-order valence-electron chi connectivity index (χ1n) is 9.12. The number of carbonyl (C=O) groups is 3. The van der Waals surface area contributed by atoms with Crippen LogP contribution < -0.4 is 10.6 Å². The Morgan fingerprint density at radius 2 is 2.08 bits per heavy atom. The minimum Gasteiger partial charge on any atom is -0.376 e. The van der Waals surface area contributed by atoms with Gasteiger partial charge in [-0.3, -0.25) is 9.59 Å². The van der Waals surface area contributed by atoms with Crippen molar-refractivity contribution < 1.29 is 19.1 Å². The molecule has 2 saturated heterocycles. The van der Waals surface area contributed by atoms with Crippen LogP contribution in [0.1, 0.15) is 43.0 Å². The molecule has 0 unspecified atom stereocenters. The highest BCUT2D eigenvalue weighted by atomic mass is 16.5. The van der Waals surface area contributed by atoms with E-state index in [1.165, 1.54) is 6.92 Å². The number of likely N-dealkylation sites (tertiary alicyclic amines) is 1. The number of nitrogens with zero attached hydrogens (tertiary/aromatic N) is 1. The first-order valence-corrected chi connectivity index (χ1v) is 9.12. The van der Waals surface area contributed by atoms with E-state index in [1.54, 1.807) is 29.2 Å². The van der Waals surface area contributed by atoms with Crippen LogP contribution in [0.15, 0.2) is 24.3 Å². The predicted octanol–water partition coefficient (Wildman–Crippen LogP) is 2.18. The lowest BCUT2D eigenvalue weighted by Gasteiger charge is -2.25. The van der Waals surface area contributed by atoms with Crippen LogP contribution in [0.2, 0.25) is 0 Å². The van der Waals surface area contributed by atoms with Gasteiger partial charge < -0.3 is 20.3 Å². The van der Waals surface area contributed by atoms with Gasteiger partial charge in [0, 0.05) is 30.9 Å². The van der Waals surface area contributed by atoms with E-state index in [1.807, 2.05) is 0 Å². The van der Waals surface area contributed by atoms with Crippen LogP contribution in [0.3, 0.4) is 0 Å². The molecule has 1 aromatic rings. The fraction of sp³-hybridized carbons (Fsp3) is 0.526. The smallest absolute Gasteiger partial charge is 0.322 e. The predicted molar refractivity (Wildman–Crippen MR) is 97.2 cm³/mol. The molecule has 0 spiro atoms. The molecule has 2 aliphatic heterocycles. The first kappa shape index (κ1) is 18.4. The van der Waals surface area contributed by atoms with Crippen molar-refractivity contribution in [2.75, 3.05) is 25.0 Å². The molecule has 3 rings (SSSR count). The van der Waals surface area contributed by atoms with Crippen LogP contribution in [-0.2, 0) is 9.53 Å². The highest BCUT2D eigenvalue weighted by Gasteiger charge is 2.34. The van der Waals surface area contributed by atoms with Crippen molar-refractivity contribution >= 4 is 23.4 Å². The highest BCUT2D eigenvalue weighted by molar-refractivity contribution is 5.97. The molecule has 0 saturated carbocycles. The zero-order valence-electron chi connectivity index (χ0n) is 15.0. The molecular formula is C19H25N3O4. The Labute approximate surface area is 153 Å². The lowest BCUT2D eigenvalue weighted by molar-refractivity contribution is -0.125. The number of Topliss-reactive ketones (excluding diaryl/α,β-unsaturated/α-hetero) is 1. The summed E-state index contributed by atoms with van der Waals surface area (Å²) in [6, 6.07) is 6.01. The maximum Gasteiger partial charge on any atom is 0.322 e. The van der Waals surface area contributed by atoms with E-state index in [-0.39, 0.29) is 23.8 Å². The highest BCUT2D eigenvalue weighted by Crippen LogP contribution is 2.20. The minimum absolute atomic E-state index is 0.0614. The summed E-state index contributed by atoms with van der Waals surface area (Å²) in [5.41, 5.74) is 1.09. The van der Waals surface area contributed by atoms with Crippen LogP contribution in [0.4, 0.5) is 10.5 Å². The number of carbonyl (C=O) groups excluding carboxylic acids is 3. The number of hydrogen-bond acceptors (Lipinski definition) is 4. The lowest BCUT2D eigenvalue weighted by Crippen LogP contribution is -2.48. The number of ether oxygens (including phenoxy) is 1. The zero-order valence-corrected chi connectivity index (χ0v) is 15.0. The molecule has 7 nitrogen and oxygen atoms in total. The number of rotatable bonds is 5. The second kappa shape index (κ2) is 8.31. The number of nitrogens with one attached hydrogen (secondary N) is 2. The molecule has 2 atom stereocenters. The Morgan fingerprint density at radius 3 is 2.81 bits per heavy atom. The fourth-order valence-corrected chi connectivity index (χ4v) is 3.43. The Hall–Kier alpha value is -2.41. The van der Waals surface area contributed by atoms with Crippen LogP contribution >= 0.6 is 0 Å². The summed E-state index contributed by atoms with van der Waals surface area (Å²) in [6.45, 7) is 3.26. The molecule has 3 amide bonds. The number of benzene rings is 1. The maximum atomic E-state index is 12.6. The van der Waals surface area contributed by atoms with Gasteiger partial charge in [0.15, 0.2) is 5.78 Å². The molecule has 140 valence electrons. The van der Waals surface area contributed by atoms with Gasteiger partial charge in [0.25, 0.3) is 0 Å².